The molecule has 1 saturated carbocycles. The predicted octanol–water partition coefficient (Wildman–Crippen LogP) is 0.376. The molecule has 0 aromatic rings. The molecule has 0 bridgehead atoms. The van der Waals surface area contributed by atoms with Crippen molar-refractivity contribution in [2.45, 2.75) is 37.8 Å². The molecule has 1 rings (SSSR count). The molecule has 3 nitrogen and oxygen atoms in total. The predicted molar refractivity (Wildman–Crippen MR) is 42.4 cm³/mol. The Morgan fingerprint density at radius 3 is 2.50 bits per heavy atom. The molecule has 0 radical (unpaired) electrons. The van der Waals surface area contributed by atoms with E-state index in [-0.39, 0.29) is 12.1 Å². The first-order valence-electron chi connectivity index (χ1n) is 4.25. The first-order chi connectivity index (χ1) is 5.72. The molecule has 12 heavy (non-hydrogen) atoms. The van der Waals surface area contributed by atoms with Gasteiger partial charge >= 0.3 is 0 Å². The average Bonchev–Trinajstić information content (AvgIpc) is 2.09. The summed E-state index contributed by atoms with van der Waals surface area (Å²) >= 11 is 0. The number of nitrogens with one attached hydrogen (secondary N) is 1. The smallest absolute Gasteiger partial charge is 0.251 e. The molecule has 1 fully saturated rings. The number of aliphatic hydroxyl groups is 1. The zero-order chi connectivity index (χ0) is 8.97. The lowest BCUT2D eigenvalue weighted by atomic mass is 9.93. The molecule has 0 unspecified atom stereocenters. The summed E-state index contributed by atoms with van der Waals surface area (Å²) < 4.78 is 11.8. The maximum Gasteiger partial charge on any atom is 0.251 e. The summed E-state index contributed by atoms with van der Waals surface area (Å²) in [4.78, 5) is 10.6. The number of carbonyl (C=O) groups excluding carboxylic acids is 1. The van der Waals surface area contributed by atoms with Crippen molar-refractivity contribution in [1.29, 1.82) is 0 Å². The largest absolute Gasteiger partial charge is 0.393 e. The Labute approximate surface area is 71.0 Å². The van der Waals surface area contributed by atoms with Crippen LogP contribution in [-0.2, 0) is 4.79 Å². The third kappa shape index (κ3) is 2.77. The van der Waals surface area contributed by atoms with Gasteiger partial charge in [-0.25, -0.2) is 4.39 Å². The maximum absolute atomic E-state index is 11.8. The van der Waals surface area contributed by atoms with E-state index in [0.717, 1.165) is 12.8 Å². The van der Waals surface area contributed by atoms with E-state index in [1.807, 2.05) is 0 Å². The normalized spacial score (nSPS) is 29.8. The summed E-state index contributed by atoms with van der Waals surface area (Å²) in [7, 11) is 0. The van der Waals surface area contributed by atoms with Crippen LogP contribution in [-0.4, -0.2) is 29.8 Å². The van der Waals surface area contributed by atoms with Crippen LogP contribution >= 0.6 is 0 Å². The molecule has 2 N–H and O–H groups in total. The number of halogens is 1. The van der Waals surface area contributed by atoms with Crippen LogP contribution in [0.4, 0.5) is 4.39 Å². The van der Waals surface area contributed by atoms with Gasteiger partial charge in [0.2, 0.25) is 0 Å². The minimum atomic E-state index is -0.945. The monoisotopic (exact) mass is 175 g/mol. The van der Waals surface area contributed by atoms with E-state index < -0.39 is 12.6 Å². The van der Waals surface area contributed by atoms with Crippen LogP contribution in [0.3, 0.4) is 0 Å². The van der Waals surface area contributed by atoms with Gasteiger partial charge in [-0.2, -0.15) is 0 Å². The number of amides is 1. The van der Waals surface area contributed by atoms with Crippen molar-refractivity contribution >= 4 is 5.91 Å². The minimum Gasteiger partial charge on any atom is -0.393 e. The molecule has 1 amide bonds. The molecular weight excluding hydrogens is 161 g/mol. The molecule has 0 aliphatic heterocycles. The van der Waals surface area contributed by atoms with Crippen LogP contribution in [0.15, 0.2) is 0 Å². The molecule has 0 spiro atoms. The van der Waals surface area contributed by atoms with E-state index in [9.17, 15) is 9.18 Å². The molecule has 0 aromatic carbocycles. The fraction of sp³-hybridized carbons (Fsp3) is 0.875. The molecule has 0 aromatic heterocycles. The van der Waals surface area contributed by atoms with Crippen LogP contribution in [0.2, 0.25) is 0 Å². The molecule has 1 aliphatic carbocycles. The Bertz CT molecular complexity index is 155. The zero-order valence-electron chi connectivity index (χ0n) is 6.92. The maximum atomic E-state index is 11.8. The number of hydrogen-bond acceptors (Lipinski definition) is 2. The lowest BCUT2D eigenvalue weighted by Gasteiger charge is -2.25. The first kappa shape index (κ1) is 9.45. The molecule has 1 aliphatic rings. The quantitative estimate of drug-likeness (QED) is 0.637. The van der Waals surface area contributed by atoms with Crippen LogP contribution in [0.25, 0.3) is 0 Å². The summed E-state index contributed by atoms with van der Waals surface area (Å²) in [6.07, 6.45) is 2.69. The van der Waals surface area contributed by atoms with Crippen molar-refractivity contribution in [3.8, 4) is 0 Å². The summed E-state index contributed by atoms with van der Waals surface area (Å²) in [5, 5.41) is 11.7. The second kappa shape index (κ2) is 4.40. The Balaban J connectivity index is 2.21. The molecular formula is C8H14FNO2. The van der Waals surface area contributed by atoms with Crippen molar-refractivity contribution in [2.75, 3.05) is 6.67 Å². The van der Waals surface area contributed by atoms with E-state index in [2.05, 4.69) is 5.32 Å². The molecule has 70 valence electrons. The highest BCUT2D eigenvalue weighted by Gasteiger charge is 2.20. The summed E-state index contributed by atoms with van der Waals surface area (Å²) in [6, 6.07) is 0.0663. The van der Waals surface area contributed by atoms with Gasteiger partial charge in [-0.05, 0) is 25.7 Å². The standard InChI is InChI=1S/C8H14FNO2/c9-5-8(12)10-6-1-3-7(11)4-2-6/h6-7,11H,1-5H2,(H,10,12). The highest BCUT2D eigenvalue weighted by molar-refractivity contribution is 5.77. The van der Waals surface area contributed by atoms with Gasteiger partial charge in [0.1, 0.15) is 0 Å². The highest BCUT2D eigenvalue weighted by atomic mass is 19.1. The van der Waals surface area contributed by atoms with Crippen molar-refractivity contribution in [2.24, 2.45) is 0 Å². The van der Waals surface area contributed by atoms with Gasteiger partial charge in [-0.3, -0.25) is 4.79 Å². The number of rotatable bonds is 2. The summed E-state index contributed by atoms with van der Waals surface area (Å²) in [5.41, 5.74) is 0. The van der Waals surface area contributed by atoms with Crippen molar-refractivity contribution in [1.82, 2.24) is 5.32 Å². The van der Waals surface area contributed by atoms with Crippen LogP contribution in [0, 0.1) is 0 Å². The van der Waals surface area contributed by atoms with Gasteiger partial charge in [0.05, 0.1) is 6.10 Å². The second-order valence-corrected chi connectivity index (χ2v) is 3.21. The van der Waals surface area contributed by atoms with E-state index in [0.29, 0.717) is 12.8 Å². The Kier molecular flexibility index (Phi) is 3.47. The molecule has 4 heteroatoms. The van der Waals surface area contributed by atoms with Gasteiger partial charge in [0, 0.05) is 6.04 Å². The lowest BCUT2D eigenvalue weighted by molar-refractivity contribution is -0.123. The van der Waals surface area contributed by atoms with E-state index in [1.165, 1.54) is 0 Å². The van der Waals surface area contributed by atoms with Crippen molar-refractivity contribution in [3.05, 3.63) is 0 Å². The van der Waals surface area contributed by atoms with Gasteiger partial charge < -0.3 is 10.4 Å². The molecule has 0 saturated heterocycles. The Hall–Kier alpha value is -0.640. The second-order valence-electron chi connectivity index (χ2n) is 3.21. The van der Waals surface area contributed by atoms with E-state index in [4.69, 9.17) is 5.11 Å². The summed E-state index contributed by atoms with van der Waals surface area (Å²) in [5.74, 6) is -0.545. The number of aliphatic hydroxyl groups excluding tert-OH is 1. The molecule has 0 atom stereocenters. The number of alkyl halides is 1. The third-order valence-corrected chi connectivity index (χ3v) is 2.18. The topological polar surface area (TPSA) is 49.3 Å². The van der Waals surface area contributed by atoms with Gasteiger partial charge in [-0.1, -0.05) is 0 Å². The highest BCUT2D eigenvalue weighted by Crippen LogP contribution is 2.17. The van der Waals surface area contributed by atoms with E-state index in [1.54, 1.807) is 0 Å². The SMILES string of the molecule is O=C(CF)NC1CCC(O)CC1. The van der Waals surface area contributed by atoms with Crippen LogP contribution in [0.1, 0.15) is 25.7 Å². The Morgan fingerprint density at radius 2 is 2.00 bits per heavy atom. The number of carbonyl (C=O) groups is 1. The first-order valence-corrected chi connectivity index (χ1v) is 4.25. The van der Waals surface area contributed by atoms with Gasteiger partial charge in [-0.15, -0.1) is 0 Å². The van der Waals surface area contributed by atoms with E-state index >= 15 is 0 Å². The summed E-state index contributed by atoms with van der Waals surface area (Å²) in [6.45, 7) is -0.945. The zero-order valence-corrected chi connectivity index (χ0v) is 6.92. The van der Waals surface area contributed by atoms with Crippen LogP contribution < -0.4 is 5.32 Å². The van der Waals surface area contributed by atoms with Crippen molar-refractivity contribution in [3.63, 3.8) is 0 Å². The number of hydrogen-bond donors (Lipinski definition) is 2. The van der Waals surface area contributed by atoms with Crippen molar-refractivity contribution < 1.29 is 14.3 Å². The van der Waals surface area contributed by atoms with Gasteiger partial charge in [0.25, 0.3) is 5.91 Å². The Morgan fingerprint density at radius 1 is 1.42 bits per heavy atom. The molecule has 0 heterocycles. The van der Waals surface area contributed by atoms with Crippen LogP contribution in [0.5, 0.6) is 0 Å². The minimum absolute atomic E-state index is 0.0663. The third-order valence-electron chi connectivity index (χ3n) is 2.18. The lowest BCUT2D eigenvalue weighted by Crippen LogP contribution is -2.39. The average molecular weight is 175 g/mol. The van der Waals surface area contributed by atoms with Gasteiger partial charge in [0.15, 0.2) is 6.67 Å². The fourth-order valence-corrected chi connectivity index (χ4v) is 1.49. The fourth-order valence-electron chi connectivity index (χ4n) is 1.49.